The second-order valence-electron chi connectivity index (χ2n) is 2.70. The summed E-state index contributed by atoms with van der Waals surface area (Å²) >= 11 is 0. The normalized spacial score (nSPS) is 14.2. The summed E-state index contributed by atoms with van der Waals surface area (Å²) in [6, 6.07) is 2.60. The van der Waals surface area contributed by atoms with Crippen LogP contribution in [0.2, 0.25) is 0 Å². The third-order valence-corrected chi connectivity index (χ3v) is 1.61. The van der Waals surface area contributed by atoms with Gasteiger partial charge < -0.3 is 4.74 Å². The number of halogens is 3. The molecule has 1 aliphatic heterocycles. The van der Waals surface area contributed by atoms with E-state index in [0.717, 1.165) is 12.1 Å². The first kappa shape index (κ1) is 9.63. The summed E-state index contributed by atoms with van der Waals surface area (Å²) in [6.07, 6.45) is -4.76. The molecule has 0 radical (unpaired) electrons. The Morgan fingerprint density at radius 2 is 1.80 bits per heavy atom. The monoisotopic (exact) mass is 216 g/mol. The van der Waals surface area contributed by atoms with Gasteiger partial charge in [0.25, 0.3) is 0 Å². The van der Waals surface area contributed by atoms with E-state index in [-0.39, 0.29) is 10.7 Å². The van der Waals surface area contributed by atoms with E-state index < -0.39 is 18.1 Å². The standard InChI is InChI=1S/C8H3F3N2O2/c9-8(10,11)15-4-1-2-5-6(3-4)13-7(14)12-5/h1-3H. The summed E-state index contributed by atoms with van der Waals surface area (Å²) in [5.41, 5.74) is 0. The van der Waals surface area contributed by atoms with Crippen LogP contribution in [0.5, 0.6) is 5.75 Å². The molecule has 2 amide bonds. The number of rotatable bonds is 1. The fraction of sp³-hybridized carbons (Fsp3) is 0.125. The van der Waals surface area contributed by atoms with E-state index in [2.05, 4.69) is 14.7 Å². The van der Waals surface area contributed by atoms with Gasteiger partial charge in [-0.2, -0.15) is 9.98 Å². The van der Waals surface area contributed by atoms with E-state index in [0.29, 0.717) is 0 Å². The molecule has 0 unspecified atom stereocenters. The van der Waals surface area contributed by atoms with Crippen LogP contribution < -0.4 is 15.5 Å². The highest BCUT2D eigenvalue weighted by Gasteiger charge is 2.31. The van der Waals surface area contributed by atoms with Gasteiger partial charge in [0.15, 0.2) is 0 Å². The lowest BCUT2D eigenvalue weighted by Crippen LogP contribution is -2.23. The number of carbonyl (C=O) groups is 1. The van der Waals surface area contributed by atoms with E-state index in [1.54, 1.807) is 0 Å². The number of hydrogen-bond acceptors (Lipinski definition) is 2. The minimum absolute atomic E-state index is 0.0850. The van der Waals surface area contributed by atoms with Crippen LogP contribution in [0.3, 0.4) is 0 Å². The highest BCUT2D eigenvalue weighted by Crippen LogP contribution is 2.20. The van der Waals surface area contributed by atoms with Crippen LogP contribution in [0, 0.1) is 0 Å². The average Bonchev–Trinajstić information content (AvgIpc) is 2.40. The van der Waals surface area contributed by atoms with Crippen molar-refractivity contribution in [3.05, 3.63) is 28.9 Å². The fourth-order valence-electron chi connectivity index (χ4n) is 1.12. The summed E-state index contributed by atoms with van der Waals surface area (Å²) in [7, 11) is 0. The van der Waals surface area contributed by atoms with Crippen LogP contribution in [0.15, 0.2) is 28.2 Å². The van der Waals surface area contributed by atoms with Crippen molar-refractivity contribution in [2.45, 2.75) is 6.36 Å². The predicted octanol–water partition coefficient (Wildman–Crippen LogP) is 0.958. The van der Waals surface area contributed by atoms with Gasteiger partial charge in [-0.3, -0.25) is 0 Å². The topological polar surface area (TPSA) is 51.0 Å². The molecule has 78 valence electrons. The Bertz CT molecular complexity index is 536. The molecule has 7 heteroatoms. The van der Waals surface area contributed by atoms with Gasteiger partial charge in [0.2, 0.25) is 0 Å². The number of nitrogens with zero attached hydrogens (tertiary/aromatic N) is 2. The Hall–Kier alpha value is -1.92. The number of urea groups is 1. The highest BCUT2D eigenvalue weighted by molar-refractivity contribution is 5.77. The van der Waals surface area contributed by atoms with Crippen LogP contribution in [0.1, 0.15) is 0 Å². The molecule has 0 fully saturated rings. The van der Waals surface area contributed by atoms with E-state index in [9.17, 15) is 18.0 Å². The van der Waals surface area contributed by atoms with Gasteiger partial charge in [0.05, 0.1) is 10.7 Å². The Morgan fingerprint density at radius 1 is 1.13 bits per heavy atom. The molecule has 1 heterocycles. The Kier molecular flexibility index (Phi) is 1.95. The Balaban J connectivity index is 2.41. The lowest BCUT2D eigenvalue weighted by Gasteiger charge is -2.07. The maximum absolute atomic E-state index is 11.8. The summed E-state index contributed by atoms with van der Waals surface area (Å²) in [5.74, 6) is -0.421. The minimum Gasteiger partial charge on any atom is -0.406 e. The van der Waals surface area contributed by atoms with Crippen LogP contribution >= 0.6 is 0 Å². The van der Waals surface area contributed by atoms with Crippen molar-refractivity contribution in [1.82, 2.24) is 0 Å². The third-order valence-electron chi connectivity index (χ3n) is 1.61. The van der Waals surface area contributed by atoms with Gasteiger partial charge in [-0.15, -0.1) is 13.2 Å². The number of carbonyl (C=O) groups excluding carboxylic acids is 1. The zero-order chi connectivity index (χ0) is 11.1. The summed E-state index contributed by atoms with van der Waals surface area (Å²) in [6.45, 7) is 0. The van der Waals surface area contributed by atoms with Gasteiger partial charge in [-0.25, -0.2) is 4.79 Å². The van der Waals surface area contributed by atoms with Crippen molar-refractivity contribution in [3.8, 4) is 5.75 Å². The van der Waals surface area contributed by atoms with Crippen molar-refractivity contribution >= 4 is 6.03 Å². The molecular formula is C8H3F3N2O2. The maximum Gasteiger partial charge on any atom is 0.573 e. The molecule has 0 aliphatic carbocycles. The second kappa shape index (κ2) is 3.04. The molecule has 1 aromatic rings. The van der Waals surface area contributed by atoms with Gasteiger partial charge >= 0.3 is 12.4 Å². The predicted molar refractivity (Wildman–Crippen MR) is 40.8 cm³/mol. The SMILES string of the molecule is O=C1N=c2ccc(OC(F)(F)F)cc2=N1. The van der Waals surface area contributed by atoms with E-state index in [1.807, 2.05) is 0 Å². The molecule has 0 spiro atoms. The average molecular weight is 216 g/mol. The van der Waals surface area contributed by atoms with Gasteiger partial charge in [0.1, 0.15) is 5.75 Å². The largest absolute Gasteiger partial charge is 0.573 e. The minimum atomic E-state index is -4.76. The first-order valence-electron chi connectivity index (χ1n) is 3.81. The van der Waals surface area contributed by atoms with Crippen molar-refractivity contribution in [3.63, 3.8) is 0 Å². The first-order valence-corrected chi connectivity index (χ1v) is 3.81. The van der Waals surface area contributed by atoms with Crippen molar-refractivity contribution in [2.24, 2.45) is 9.98 Å². The summed E-state index contributed by atoms with van der Waals surface area (Å²) < 4.78 is 39.1. The van der Waals surface area contributed by atoms with Crippen molar-refractivity contribution in [1.29, 1.82) is 0 Å². The third kappa shape index (κ3) is 2.12. The Morgan fingerprint density at radius 3 is 2.47 bits per heavy atom. The molecule has 4 nitrogen and oxygen atoms in total. The van der Waals surface area contributed by atoms with E-state index in [1.165, 1.54) is 6.07 Å². The van der Waals surface area contributed by atoms with Crippen LogP contribution in [-0.4, -0.2) is 12.4 Å². The zero-order valence-electron chi connectivity index (χ0n) is 7.08. The molecule has 0 saturated carbocycles. The van der Waals surface area contributed by atoms with Crippen molar-refractivity contribution in [2.75, 3.05) is 0 Å². The number of fused-ring (bicyclic) bond motifs is 1. The molecule has 2 rings (SSSR count). The molecular weight excluding hydrogens is 213 g/mol. The molecule has 0 saturated heterocycles. The molecule has 1 aliphatic rings. The molecule has 0 N–H and O–H groups in total. The number of amides is 2. The van der Waals surface area contributed by atoms with Crippen LogP contribution in [-0.2, 0) is 0 Å². The molecule has 0 atom stereocenters. The highest BCUT2D eigenvalue weighted by atomic mass is 19.4. The maximum atomic E-state index is 11.8. The second-order valence-corrected chi connectivity index (χ2v) is 2.70. The van der Waals surface area contributed by atoms with Crippen molar-refractivity contribution < 1.29 is 22.7 Å². The van der Waals surface area contributed by atoms with Gasteiger partial charge in [-0.1, -0.05) is 0 Å². The number of alkyl halides is 3. The summed E-state index contributed by atoms with van der Waals surface area (Å²) in [5, 5.41) is 0.330. The van der Waals surface area contributed by atoms with Crippen LogP contribution in [0.4, 0.5) is 18.0 Å². The van der Waals surface area contributed by atoms with E-state index in [4.69, 9.17) is 0 Å². The first-order chi connectivity index (χ1) is 6.94. The summed E-state index contributed by atoms with van der Waals surface area (Å²) in [4.78, 5) is 17.5. The lowest BCUT2D eigenvalue weighted by atomic mass is 10.3. The fourth-order valence-corrected chi connectivity index (χ4v) is 1.12. The quantitative estimate of drug-likeness (QED) is 0.701. The van der Waals surface area contributed by atoms with Gasteiger partial charge in [0, 0.05) is 6.07 Å². The number of benzene rings is 1. The molecule has 0 bridgehead atoms. The van der Waals surface area contributed by atoms with Gasteiger partial charge in [-0.05, 0) is 12.1 Å². The molecule has 15 heavy (non-hydrogen) atoms. The molecule has 1 aromatic carbocycles. The smallest absolute Gasteiger partial charge is 0.406 e. The zero-order valence-corrected chi connectivity index (χ0v) is 7.08. The van der Waals surface area contributed by atoms with E-state index >= 15 is 0 Å². The number of ether oxygens (including phenoxy) is 1. The Labute approximate surface area is 80.7 Å². The number of hydrogen-bond donors (Lipinski definition) is 0. The molecule has 0 aromatic heterocycles. The lowest BCUT2D eigenvalue weighted by molar-refractivity contribution is -0.274. The van der Waals surface area contributed by atoms with Crippen LogP contribution in [0.25, 0.3) is 0 Å².